The summed E-state index contributed by atoms with van der Waals surface area (Å²) >= 11 is 5.84. The fourth-order valence-electron chi connectivity index (χ4n) is 4.19. The zero-order valence-corrected chi connectivity index (χ0v) is 18.0. The van der Waals surface area contributed by atoms with Gasteiger partial charge in [0.1, 0.15) is 5.82 Å². The van der Waals surface area contributed by atoms with Crippen molar-refractivity contribution in [2.24, 2.45) is 5.92 Å². The quantitative estimate of drug-likeness (QED) is 0.773. The number of aromatic nitrogens is 2. The van der Waals surface area contributed by atoms with E-state index in [4.69, 9.17) is 11.6 Å². The van der Waals surface area contributed by atoms with Crippen molar-refractivity contribution in [2.75, 3.05) is 18.5 Å². The molecule has 2 atom stereocenters. The lowest BCUT2D eigenvalue weighted by atomic mass is 10.1. The molecule has 1 aromatic carbocycles. The molecule has 1 saturated heterocycles. The molecule has 31 heavy (non-hydrogen) atoms. The largest absolute Gasteiger partial charge is 0.359 e. The minimum absolute atomic E-state index is 0.0180. The third-order valence-corrected chi connectivity index (χ3v) is 6.20. The van der Waals surface area contributed by atoms with E-state index in [0.29, 0.717) is 24.3 Å². The van der Waals surface area contributed by atoms with Gasteiger partial charge in [-0.15, -0.1) is 0 Å². The van der Waals surface area contributed by atoms with E-state index in [1.807, 2.05) is 6.92 Å². The van der Waals surface area contributed by atoms with Crippen molar-refractivity contribution in [3.8, 4) is 0 Å². The number of carbonyl (C=O) groups is 3. The number of carbonyl (C=O) groups excluding carboxylic acids is 3. The molecule has 0 aliphatic carbocycles. The Kier molecular flexibility index (Phi) is 5.70. The maximum absolute atomic E-state index is 13.4. The van der Waals surface area contributed by atoms with Crippen LogP contribution in [0.2, 0.25) is 5.02 Å². The molecule has 0 radical (unpaired) electrons. The van der Waals surface area contributed by atoms with Crippen molar-refractivity contribution in [3.63, 3.8) is 0 Å². The Bertz CT molecular complexity index is 1060. The highest BCUT2D eigenvalue weighted by molar-refractivity contribution is 6.30. The number of fused-ring (bicyclic) bond motifs is 1. The van der Waals surface area contributed by atoms with Crippen LogP contribution in [0, 0.1) is 11.7 Å². The van der Waals surface area contributed by atoms with E-state index >= 15 is 0 Å². The van der Waals surface area contributed by atoms with Crippen LogP contribution in [0.5, 0.6) is 0 Å². The molecule has 1 aromatic heterocycles. The Balaban J connectivity index is 1.53. The number of hydrogen-bond donors (Lipinski definition) is 1. The number of amides is 3. The molecule has 3 heterocycles. The fourth-order valence-corrected chi connectivity index (χ4v) is 4.40. The Morgan fingerprint density at radius 2 is 2.10 bits per heavy atom. The summed E-state index contributed by atoms with van der Waals surface area (Å²) in [6.07, 6.45) is 1.86. The zero-order valence-electron chi connectivity index (χ0n) is 17.3. The highest BCUT2D eigenvalue weighted by Gasteiger charge is 2.38. The van der Waals surface area contributed by atoms with E-state index in [-0.39, 0.29) is 48.2 Å². The first-order chi connectivity index (χ1) is 14.8. The van der Waals surface area contributed by atoms with E-state index < -0.39 is 11.7 Å². The SMILES string of the molecule is CNC(=O)C1CC(=O)N(c2cnn3c2CN(C(=O)Cc2ccc(F)c(Cl)c2)[C@@H](C)C3)C1. The van der Waals surface area contributed by atoms with Gasteiger partial charge in [-0.2, -0.15) is 5.10 Å². The number of nitrogens with zero attached hydrogens (tertiary/aromatic N) is 4. The number of rotatable bonds is 4. The first kappa shape index (κ1) is 21.3. The van der Waals surface area contributed by atoms with E-state index in [2.05, 4.69) is 10.4 Å². The molecule has 0 saturated carbocycles. The van der Waals surface area contributed by atoms with Crippen LogP contribution in [0.3, 0.4) is 0 Å². The molecule has 1 N–H and O–H groups in total. The van der Waals surface area contributed by atoms with Gasteiger partial charge in [0.15, 0.2) is 0 Å². The molecule has 3 amide bonds. The monoisotopic (exact) mass is 447 g/mol. The zero-order chi connectivity index (χ0) is 22.3. The highest BCUT2D eigenvalue weighted by Crippen LogP contribution is 2.32. The number of nitrogens with one attached hydrogen (secondary N) is 1. The molecule has 8 nitrogen and oxygen atoms in total. The summed E-state index contributed by atoms with van der Waals surface area (Å²) in [6, 6.07) is 4.16. The van der Waals surface area contributed by atoms with Crippen molar-refractivity contribution >= 4 is 35.0 Å². The van der Waals surface area contributed by atoms with Gasteiger partial charge in [-0.3, -0.25) is 19.1 Å². The van der Waals surface area contributed by atoms with Gasteiger partial charge >= 0.3 is 0 Å². The van der Waals surface area contributed by atoms with Crippen molar-refractivity contribution in [2.45, 2.75) is 38.9 Å². The third-order valence-electron chi connectivity index (χ3n) is 5.91. The Morgan fingerprint density at radius 1 is 1.32 bits per heavy atom. The molecule has 0 spiro atoms. The van der Waals surface area contributed by atoms with Gasteiger partial charge in [0, 0.05) is 26.1 Å². The summed E-state index contributed by atoms with van der Waals surface area (Å²) < 4.78 is 15.2. The standard InChI is InChI=1S/C21H23ClFN5O3/c1-12-9-28-18(11-26(12)19(29)6-13-3-4-16(23)15(22)5-13)17(8-25-28)27-10-14(7-20(27)30)21(31)24-2/h3-5,8,12,14H,6-7,9-11H2,1-2H3,(H,24,31)/t12-,14?/m0/s1. The van der Waals surface area contributed by atoms with Crippen molar-refractivity contribution < 1.29 is 18.8 Å². The predicted molar refractivity (Wildman–Crippen MR) is 112 cm³/mol. The van der Waals surface area contributed by atoms with Crippen molar-refractivity contribution in [3.05, 3.63) is 46.5 Å². The normalized spacial score (nSPS) is 20.7. The van der Waals surface area contributed by atoms with E-state index in [1.54, 1.807) is 33.8 Å². The van der Waals surface area contributed by atoms with Gasteiger partial charge in [0.25, 0.3) is 0 Å². The summed E-state index contributed by atoms with van der Waals surface area (Å²) in [5.41, 5.74) is 2.02. The average Bonchev–Trinajstić information content (AvgIpc) is 3.32. The van der Waals surface area contributed by atoms with E-state index in [9.17, 15) is 18.8 Å². The van der Waals surface area contributed by atoms with Gasteiger partial charge in [-0.1, -0.05) is 17.7 Å². The topological polar surface area (TPSA) is 87.5 Å². The second kappa shape index (κ2) is 8.30. The van der Waals surface area contributed by atoms with E-state index in [1.165, 1.54) is 12.1 Å². The molecule has 164 valence electrons. The summed E-state index contributed by atoms with van der Waals surface area (Å²) in [5, 5.41) is 6.97. The smallest absolute Gasteiger partial charge is 0.227 e. The Hall–Kier alpha value is -2.94. The Morgan fingerprint density at radius 3 is 2.81 bits per heavy atom. The number of halogens is 2. The summed E-state index contributed by atoms with van der Waals surface area (Å²) in [4.78, 5) is 40.8. The molecule has 2 aliphatic rings. The van der Waals surface area contributed by atoms with Crippen LogP contribution >= 0.6 is 11.6 Å². The molecule has 1 unspecified atom stereocenters. The summed E-state index contributed by atoms with van der Waals surface area (Å²) in [7, 11) is 1.55. The van der Waals surface area contributed by atoms with Crippen LogP contribution in [0.25, 0.3) is 0 Å². The maximum Gasteiger partial charge on any atom is 0.227 e. The van der Waals surface area contributed by atoms with Crippen LogP contribution in [0.15, 0.2) is 24.4 Å². The fraction of sp³-hybridized carbons (Fsp3) is 0.429. The van der Waals surface area contributed by atoms with E-state index in [0.717, 1.165) is 5.69 Å². The lowest BCUT2D eigenvalue weighted by Crippen LogP contribution is -2.46. The number of hydrogen-bond acceptors (Lipinski definition) is 4. The van der Waals surface area contributed by atoms with Gasteiger partial charge in [0.05, 0.1) is 48.0 Å². The van der Waals surface area contributed by atoms with Gasteiger partial charge in [-0.05, 0) is 24.6 Å². The van der Waals surface area contributed by atoms with Crippen LogP contribution in [0.1, 0.15) is 24.6 Å². The molecule has 0 bridgehead atoms. The average molecular weight is 448 g/mol. The lowest BCUT2D eigenvalue weighted by molar-refractivity contribution is -0.134. The van der Waals surface area contributed by atoms with Crippen molar-refractivity contribution in [1.82, 2.24) is 20.0 Å². The van der Waals surface area contributed by atoms with Crippen LogP contribution in [-0.4, -0.2) is 52.0 Å². The van der Waals surface area contributed by atoms with Gasteiger partial charge < -0.3 is 15.1 Å². The maximum atomic E-state index is 13.4. The minimum Gasteiger partial charge on any atom is -0.359 e. The molecule has 2 aliphatic heterocycles. The minimum atomic E-state index is -0.525. The van der Waals surface area contributed by atoms with Gasteiger partial charge in [0.2, 0.25) is 17.7 Å². The van der Waals surface area contributed by atoms with Crippen LogP contribution < -0.4 is 10.2 Å². The third kappa shape index (κ3) is 4.01. The lowest BCUT2D eigenvalue weighted by Gasteiger charge is -2.35. The summed E-state index contributed by atoms with van der Waals surface area (Å²) in [5.74, 6) is -1.36. The molecular weight excluding hydrogens is 425 g/mol. The predicted octanol–water partition coefficient (Wildman–Crippen LogP) is 1.75. The molecule has 4 rings (SSSR count). The first-order valence-electron chi connectivity index (χ1n) is 10.1. The molecule has 10 heteroatoms. The Labute approximate surface area is 183 Å². The van der Waals surface area contributed by atoms with Crippen LogP contribution in [0.4, 0.5) is 10.1 Å². The second-order valence-electron chi connectivity index (χ2n) is 7.97. The second-order valence-corrected chi connectivity index (χ2v) is 8.38. The van der Waals surface area contributed by atoms with Gasteiger partial charge in [-0.25, -0.2) is 4.39 Å². The first-order valence-corrected chi connectivity index (χ1v) is 10.5. The van der Waals surface area contributed by atoms with Crippen molar-refractivity contribution in [1.29, 1.82) is 0 Å². The molecule has 1 fully saturated rings. The highest BCUT2D eigenvalue weighted by atomic mass is 35.5. The molecule has 2 aromatic rings. The number of benzene rings is 1. The van der Waals surface area contributed by atoms with Crippen LogP contribution in [-0.2, 0) is 33.9 Å². The molecular formula is C21H23ClFN5O3. The number of anilines is 1. The summed E-state index contributed by atoms with van der Waals surface area (Å²) in [6.45, 7) is 3.00.